The van der Waals surface area contributed by atoms with Gasteiger partial charge in [0.15, 0.2) is 0 Å². The number of rotatable bonds is 8. The van der Waals surface area contributed by atoms with Gasteiger partial charge in [0, 0.05) is 24.7 Å². The molecule has 2 N–H and O–H groups in total. The fourth-order valence-electron chi connectivity index (χ4n) is 2.21. The Morgan fingerprint density at radius 1 is 1.13 bits per heavy atom. The molecule has 132 valence electrons. The molecule has 0 atom stereocenters. The fraction of sp³-hybridized carbons (Fsp3) is 0.562. The number of hydrogen-bond acceptors (Lipinski definition) is 6. The van der Waals surface area contributed by atoms with E-state index in [1.165, 1.54) is 7.11 Å². The molecule has 6 nitrogen and oxygen atoms in total. The molecule has 0 saturated heterocycles. The van der Waals surface area contributed by atoms with Crippen molar-refractivity contribution in [1.82, 2.24) is 4.90 Å². The lowest BCUT2D eigenvalue weighted by molar-refractivity contribution is -0.142. The second-order valence-electron chi connectivity index (χ2n) is 5.93. The quantitative estimate of drug-likeness (QED) is 0.724. The van der Waals surface area contributed by atoms with Gasteiger partial charge in [-0.05, 0) is 31.5 Å². The van der Waals surface area contributed by atoms with E-state index in [1.54, 1.807) is 20.3 Å². The number of benzene rings is 1. The van der Waals surface area contributed by atoms with Crippen molar-refractivity contribution in [2.24, 2.45) is 5.73 Å². The summed E-state index contributed by atoms with van der Waals surface area (Å²) in [4.78, 5) is 13.5. The summed E-state index contributed by atoms with van der Waals surface area (Å²) in [5.74, 6) is 1.12. The molecule has 0 saturated carbocycles. The van der Waals surface area contributed by atoms with Crippen LogP contribution in [-0.4, -0.2) is 50.8 Å². The van der Waals surface area contributed by atoms with E-state index in [2.05, 4.69) is 0 Å². The zero-order valence-electron chi connectivity index (χ0n) is 14.4. The lowest BCUT2D eigenvalue weighted by Crippen LogP contribution is -2.46. The first-order valence-electron chi connectivity index (χ1n) is 7.07. The number of hydrogen-bond donors (Lipinski definition) is 1. The van der Waals surface area contributed by atoms with Crippen molar-refractivity contribution in [1.29, 1.82) is 0 Å². The van der Waals surface area contributed by atoms with Crippen LogP contribution in [-0.2, 0) is 16.1 Å². The maximum absolute atomic E-state index is 11.6. The molecule has 0 bridgehead atoms. The van der Waals surface area contributed by atoms with Crippen LogP contribution in [0.2, 0.25) is 0 Å². The van der Waals surface area contributed by atoms with Crippen LogP contribution < -0.4 is 15.2 Å². The Balaban J connectivity index is 0.00000484. The number of ether oxygens (including phenoxy) is 3. The van der Waals surface area contributed by atoms with Crippen LogP contribution in [0.4, 0.5) is 0 Å². The van der Waals surface area contributed by atoms with Crippen molar-refractivity contribution in [3.63, 3.8) is 0 Å². The Hall–Kier alpha value is -1.50. The van der Waals surface area contributed by atoms with Gasteiger partial charge in [-0.25, -0.2) is 0 Å². The molecular formula is C16H27ClN2O4. The van der Waals surface area contributed by atoms with Gasteiger partial charge in [0.2, 0.25) is 0 Å². The van der Waals surface area contributed by atoms with Gasteiger partial charge in [0.25, 0.3) is 0 Å². The van der Waals surface area contributed by atoms with E-state index in [0.717, 1.165) is 5.56 Å². The lowest BCUT2D eigenvalue weighted by Gasteiger charge is -2.29. The highest BCUT2D eigenvalue weighted by atomic mass is 35.5. The summed E-state index contributed by atoms with van der Waals surface area (Å²) in [5, 5.41) is 0. The summed E-state index contributed by atoms with van der Waals surface area (Å²) in [6, 6.07) is 5.63. The monoisotopic (exact) mass is 346 g/mol. The van der Waals surface area contributed by atoms with Crippen molar-refractivity contribution in [3.8, 4) is 11.5 Å². The Labute approximate surface area is 144 Å². The fourth-order valence-corrected chi connectivity index (χ4v) is 2.21. The average molecular weight is 347 g/mol. The van der Waals surface area contributed by atoms with Gasteiger partial charge < -0.3 is 19.9 Å². The van der Waals surface area contributed by atoms with E-state index < -0.39 is 5.54 Å². The van der Waals surface area contributed by atoms with E-state index in [-0.39, 0.29) is 24.9 Å². The Morgan fingerprint density at radius 3 is 2.04 bits per heavy atom. The van der Waals surface area contributed by atoms with Gasteiger partial charge in [0.05, 0.1) is 27.9 Å². The average Bonchev–Trinajstić information content (AvgIpc) is 2.44. The highest BCUT2D eigenvalue weighted by molar-refractivity contribution is 5.85. The van der Waals surface area contributed by atoms with Crippen LogP contribution in [0, 0.1) is 0 Å². The molecular weight excluding hydrogens is 320 g/mol. The third kappa shape index (κ3) is 8.06. The van der Waals surface area contributed by atoms with Gasteiger partial charge >= 0.3 is 5.97 Å². The number of methoxy groups -OCH3 is 3. The number of esters is 1. The highest BCUT2D eigenvalue weighted by Crippen LogP contribution is 2.23. The number of carbonyl (C=O) groups excluding carboxylic acids is 1. The van der Waals surface area contributed by atoms with Crippen LogP contribution in [0.3, 0.4) is 0 Å². The lowest BCUT2D eigenvalue weighted by atomic mass is 10.1. The van der Waals surface area contributed by atoms with Crippen LogP contribution in [0.25, 0.3) is 0 Å². The normalized spacial score (nSPS) is 10.9. The summed E-state index contributed by atoms with van der Waals surface area (Å²) in [7, 11) is 4.59. The van der Waals surface area contributed by atoms with Crippen LogP contribution in [0.5, 0.6) is 11.5 Å². The van der Waals surface area contributed by atoms with E-state index in [9.17, 15) is 4.79 Å². The molecule has 0 fully saturated rings. The first kappa shape index (κ1) is 21.5. The highest BCUT2D eigenvalue weighted by Gasteiger charge is 2.20. The van der Waals surface area contributed by atoms with Crippen LogP contribution in [0.1, 0.15) is 19.4 Å². The van der Waals surface area contributed by atoms with E-state index in [0.29, 0.717) is 24.6 Å². The van der Waals surface area contributed by atoms with Crippen molar-refractivity contribution < 1.29 is 19.0 Å². The van der Waals surface area contributed by atoms with Crippen LogP contribution >= 0.6 is 12.4 Å². The topological polar surface area (TPSA) is 74.0 Å². The minimum atomic E-state index is -0.420. The summed E-state index contributed by atoms with van der Waals surface area (Å²) in [6.45, 7) is 5.12. The number of nitrogens with zero attached hydrogens (tertiary/aromatic N) is 1. The molecule has 0 amide bonds. The first-order chi connectivity index (χ1) is 10.3. The largest absolute Gasteiger partial charge is 0.497 e. The molecule has 0 aliphatic carbocycles. The molecule has 0 unspecified atom stereocenters. The molecule has 0 aliphatic rings. The zero-order valence-corrected chi connectivity index (χ0v) is 15.2. The SMILES string of the molecule is COC(=O)CN(Cc1cc(OC)cc(OC)c1)CC(C)(C)N.Cl. The summed E-state index contributed by atoms with van der Waals surface area (Å²) in [5.41, 5.74) is 6.63. The third-order valence-electron chi connectivity index (χ3n) is 3.03. The van der Waals surface area contributed by atoms with E-state index in [4.69, 9.17) is 19.9 Å². The van der Waals surface area contributed by atoms with Gasteiger partial charge in [-0.15, -0.1) is 12.4 Å². The van der Waals surface area contributed by atoms with Crippen molar-refractivity contribution in [3.05, 3.63) is 23.8 Å². The second kappa shape index (κ2) is 9.60. The molecule has 0 aromatic heterocycles. The molecule has 0 spiro atoms. The maximum atomic E-state index is 11.6. The standard InChI is InChI=1S/C16H26N2O4.ClH/c1-16(2,17)11-18(10-15(19)22-5)9-12-6-13(20-3)8-14(7-12)21-4;/h6-8H,9-11,17H2,1-5H3;1H. The van der Waals surface area contributed by atoms with Crippen molar-refractivity contribution in [2.75, 3.05) is 34.4 Å². The molecule has 0 radical (unpaired) electrons. The first-order valence-corrected chi connectivity index (χ1v) is 7.07. The maximum Gasteiger partial charge on any atom is 0.319 e. The Kier molecular flexibility index (Phi) is 8.97. The minimum Gasteiger partial charge on any atom is -0.497 e. The predicted molar refractivity (Wildman–Crippen MR) is 92.4 cm³/mol. The Morgan fingerprint density at radius 2 is 1.65 bits per heavy atom. The summed E-state index contributed by atoms with van der Waals surface area (Å²) >= 11 is 0. The third-order valence-corrected chi connectivity index (χ3v) is 3.03. The van der Waals surface area contributed by atoms with Crippen LogP contribution in [0.15, 0.2) is 18.2 Å². The second-order valence-corrected chi connectivity index (χ2v) is 5.93. The van der Waals surface area contributed by atoms with Gasteiger partial charge in [-0.1, -0.05) is 0 Å². The van der Waals surface area contributed by atoms with Crippen molar-refractivity contribution >= 4 is 18.4 Å². The minimum absolute atomic E-state index is 0. The predicted octanol–water partition coefficient (Wildman–Crippen LogP) is 1.84. The molecule has 23 heavy (non-hydrogen) atoms. The van der Waals surface area contributed by atoms with Gasteiger partial charge in [0.1, 0.15) is 11.5 Å². The van der Waals surface area contributed by atoms with E-state index in [1.807, 2.05) is 30.9 Å². The number of carbonyl (C=O) groups is 1. The number of nitrogens with two attached hydrogens (primary N) is 1. The zero-order chi connectivity index (χ0) is 16.8. The molecule has 0 aliphatic heterocycles. The number of halogens is 1. The molecule has 1 rings (SSSR count). The van der Waals surface area contributed by atoms with E-state index >= 15 is 0 Å². The molecule has 1 aromatic carbocycles. The Bertz CT molecular complexity index is 481. The van der Waals surface area contributed by atoms with Gasteiger partial charge in [-0.3, -0.25) is 9.69 Å². The molecule has 7 heteroatoms. The molecule has 1 aromatic rings. The van der Waals surface area contributed by atoms with Crippen molar-refractivity contribution in [2.45, 2.75) is 25.9 Å². The molecule has 0 heterocycles. The summed E-state index contributed by atoms with van der Waals surface area (Å²) < 4.78 is 15.3. The van der Waals surface area contributed by atoms with Gasteiger partial charge in [-0.2, -0.15) is 0 Å². The smallest absolute Gasteiger partial charge is 0.319 e. The summed E-state index contributed by atoms with van der Waals surface area (Å²) in [6.07, 6.45) is 0.